The molecule has 0 unspecified atom stereocenters. The summed E-state index contributed by atoms with van der Waals surface area (Å²) in [4.78, 5) is 34.4. The lowest BCUT2D eigenvalue weighted by atomic mass is 10.2. The molecule has 1 fully saturated rings. The van der Waals surface area contributed by atoms with E-state index in [4.69, 9.17) is 4.98 Å². The first kappa shape index (κ1) is 18.7. The molecule has 0 radical (unpaired) electrons. The SMILES string of the molecule is O=C(CCc1nc2ccccc2c(=O)n1C1CC1)Nc1ccc(-c2nccs2)cc1. The number of carbonyl (C=O) groups is 1. The lowest BCUT2D eigenvalue weighted by Gasteiger charge is -2.13. The Bertz CT molecular complexity index is 1260. The number of nitrogens with zero attached hydrogens (tertiary/aromatic N) is 3. The number of fused-ring (bicyclic) bond motifs is 1. The normalized spacial score (nSPS) is 13.5. The maximum atomic E-state index is 12.9. The minimum Gasteiger partial charge on any atom is -0.326 e. The lowest BCUT2D eigenvalue weighted by Crippen LogP contribution is -2.25. The number of para-hydroxylation sites is 1. The molecule has 1 amide bonds. The first-order chi connectivity index (χ1) is 14.7. The number of nitrogens with one attached hydrogen (secondary N) is 1. The number of aryl methyl sites for hydroxylation is 1. The fourth-order valence-corrected chi connectivity index (χ4v) is 4.23. The molecular weight excluding hydrogens is 396 g/mol. The topological polar surface area (TPSA) is 76.9 Å². The molecular formula is C23H20N4O2S. The Labute approximate surface area is 177 Å². The van der Waals surface area contributed by atoms with Crippen molar-refractivity contribution in [2.24, 2.45) is 0 Å². The zero-order valence-corrected chi connectivity index (χ0v) is 17.1. The summed E-state index contributed by atoms with van der Waals surface area (Å²) in [6.07, 6.45) is 4.46. The first-order valence-electron chi connectivity index (χ1n) is 9.99. The maximum Gasteiger partial charge on any atom is 0.261 e. The second-order valence-corrected chi connectivity index (χ2v) is 8.31. The van der Waals surface area contributed by atoms with Gasteiger partial charge in [0.15, 0.2) is 0 Å². The van der Waals surface area contributed by atoms with E-state index in [9.17, 15) is 9.59 Å². The van der Waals surface area contributed by atoms with E-state index in [0.717, 1.165) is 29.1 Å². The lowest BCUT2D eigenvalue weighted by molar-refractivity contribution is -0.116. The van der Waals surface area contributed by atoms with Crippen molar-refractivity contribution in [3.8, 4) is 10.6 Å². The van der Waals surface area contributed by atoms with E-state index in [1.807, 2.05) is 53.9 Å². The smallest absolute Gasteiger partial charge is 0.261 e. The fourth-order valence-electron chi connectivity index (χ4n) is 3.59. The summed E-state index contributed by atoms with van der Waals surface area (Å²) in [5.41, 5.74) is 2.45. The Kier molecular flexibility index (Phi) is 4.88. The third kappa shape index (κ3) is 3.76. The van der Waals surface area contributed by atoms with E-state index >= 15 is 0 Å². The number of carbonyl (C=O) groups excluding carboxylic acids is 1. The molecule has 2 aromatic heterocycles. The van der Waals surface area contributed by atoms with Crippen LogP contribution in [-0.2, 0) is 11.2 Å². The number of amides is 1. The van der Waals surface area contributed by atoms with Crippen LogP contribution in [0.1, 0.15) is 31.1 Å². The molecule has 2 aromatic carbocycles. The zero-order valence-electron chi connectivity index (χ0n) is 16.2. The van der Waals surface area contributed by atoms with Crippen LogP contribution >= 0.6 is 11.3 Å². The Morgan fingerprint density at radius 3 is 2.67 bits per heavy atom. The highest BCUT2D eigenvalue weighted by atomic mass is 32.1. The third-order valence-electron chi connectivity index (χ3n) is 5.22. The Morgan fingerprint density at radius 1 is 1.13 bits per heavy atom. The van der Waals surface area contributed by atoms with Crippen molar-refractivity contribution < 1.29 is 4.79 Å². The molecule has 0 atom stereocenters. The van der Waals surface area contributed by atoms with Gasteiger partial charge in [0.05, 0.1) is 10.9 Å². The molecule has 0 saturated heterocycles. The molecule has 7 heteroatoms. The van der Waals surface area contributed by atoms with E-state index in [1.165, 1.54) is 0 Å². The molecule has 30 heavy (non-hydrogen) atoms. The van der Waals surface area contributed by atoms with Gasteiger partial charge < -0.3 is 5.32 Å². The van der Waals surface area contributed by atoms with Crippen LogP contribution in [0.2, 0.25) is 0 Å². The highest BCUT2D eigenvalue weighted by Crippen LogP contribution is 2.35. The van der Waals surface area contributed by atoms with Crippen molar-refractivity contribution in [3.63, 3.8) is 0 Å². The van der Waals surface area contributed by atoms with Crippen LogP contribution in [0.5, 0.6) is 0 Å². The van der Waals surface area contributed by atoms with Gasteiger partial charge in [0.2, 0.25) is 5.91 Å². The summed E-state index contributed by atoms with van der Waals surface area (Å²) < 4.78 is 1.79. The molecule has 0 aliphatic heterocycles. The minimum atomic E-state index is -0.0956. The van der Waals surface area contributed by atoms with Crippen LogP contribution < -0.4 is 10.9 Å². The van der Waals surface area contributed by atoms with Crippen molar-refractivity contribution in [1.82, 2.24) is 14.5 Å². The summed E-state index contributed by atoms with van der Waals surface area (Å²) in [5.74, 6) is 0.595. The van der Waals surface area contributed by atoms with E-state index in [0.29, 0.717) is 23.1 Å². The van der Waals surface area contributed by atoms with E-state index < -0.39 is 0 Å². The third-order valence-corrected chi connectivity index (χ3v) is 6.04. The Morgan fingerprint density at radius 2 is 1.93 bits per heavy atom. The standard InChI is InChI=1S/C23H20N4O2S/c28-21(25-16-7-5-15(6-8-16)22-24-13-14-30-22)12-11-20-26-19-4-2-1-3-18(19)23(29)27(20)17-9-10-17/h1-8,13-14,17H,9-12H2,(H,25,28). The molecule has 1 aliphatic rings. The molecule has 5 rings (SSSR count). The van der Waals surface area contributed by atoms with Gasteiger partial charge in [0, 0.05) is 41.7 Å². The van der Waals surface area contributed by atoms with E-state index in [1.54, 1.807) is 22.1 Å². The Balaban J connectivity index is 1.30. The summed E-state index contributed by atoms with van der Waals surface area (Å²) in [6.45, 7) is 0. The number of hydrogen-bond donors (Lipinski definition) is 1. The van der Waals surface area contributed by atoms with Gasteiger partial charge in [-0.15, -0.1) is 11.3 Å². The minimum absolute atomic E-state index is 0.00344. The maximum absolute atomic E-state index is 12.9. The Hall–Kier alpha value is -3.32. The first-order valence-corrected chi connectivity index (χ1v) is 10.9. The molecule has 6 nitrogen and oxygen atoms in total. The summed E-state index contributed by atoms with van der Waals surface area (Å²) >= 11 is 1.58. The second-order valence-electron chi connectivity index (χ2n) is 7.41. The van der Waals surface area contributed by atoms with E-state index in [-0.39, 0.29) is 23.9 Å². The van der Waals surface area contributed by atoms with Crippen molar-refractivity contribution in [3.05, 3.63) is 76.3 Å². The average Bonchev–Trinajstić information content (AvgIpc) is 3.45. The van der Waals surface area contributed by atoms with Gasteiger partial charge >= 0.3 is 0 Å². The van der Waals surface area contributed by atoms with Crippen LogP contribution in [0.15, 0.2) is 64.9 Å². The van der Waals surface area contributed by atoms with Crippen molar-refractivity contribution in [2.75, 3.05) is 5.32 Å². The predicted octanol–water partition coefficient (Wildman–Crippen LogP) is 4.43. The van der Waals surface area contributed by atoms with Crippen LogP contribution in [-0.4, -0.2) is 20.4 Å². The summed E-state index contributed by atoms with van der Waals surface area (Å²) in [7, 11) is 0. The van der Waals surface area contributed by atoms with Gasteiger partial charge in [-0.25, -0.2) is 9.97 Å². The van der Waals surface area contributed by atoms with Gasteiger partial charge in [0.25, 0.3) is 5.56 Å². The fraction of sp³-hybridized carbons (Fsp3) is 0.217. The molecule has 0 bridgehead atoms. The number of anilines is 1. The molecule has 4 aromatic rings. The molecule has 150 valence electrons. The van der Waals surface area contributed by atoms with Crippen LogP contribution in [0, 0.1) is 0 Å². The number of rotatable bonds is 6. The quantitative estimate of drug-likeness (QED) is 0.505. The van der Waals surface area contributed by atoms with Crippen LogP contribution in [0.25, 0.3) is 21.5 Å². The van der Waals surface area contributed by atoms with Gasteiger partial charge in [-0.3, -0.25) is 14.2 Å². The molecule has 1 N–H and O–H groups in total. The van der Waals surface area contributed by atoms with Gasteiger partial charge in [0.1, 0.15) is 10.8 Å². The van der Waals surface area contributed by atoms with Gasteiger partial charge in [-0.1, -0.05) is 12.1 Å². The van der Waals surface area contributed by atoms with Crippen molar-refractivity contribution in [2.45, 2.75) is 31.7 Å². The highest BCUT2D eigenvalue weighted by Gasteiger charge is 2.28. The molecule has 1 aliphatic carbocycles. The summed E-state index contributed by atoms with van der Waals surface area (Å²) in [6, 6.07) is 15.3. The van der Waals surface area contributed by atoms with Crippen LogP contribution in [0.4, 0.5) is 5.69 Å². The summed E-state index contributed by atoms with van der Waals surface area (Å²) in [5, 5.41) is 6.46. The zero-order chi connectivity index (χ0) is 20.5. The van der Waals surface area contributed by atoms with Gasteiger partial charge in [-0.2, -0.15) is 0 Å². The number of hydrogen-bond acceptors (Lipinski definition) is 5. The molecule has 0 spiro atoms. The number of thiazole rings is 1. The molecule has 2 heterocycles. The monoisotopic (exact) mass is 416 g/mol. The van der Waals surface area contributed by atoms with Crippen LogP contribution in [0.3, 0.4) is 0 Å². The predicted molar refractivity (Wildman–Crippen MR) is 119 cm³/mol. The van der Waals surface area contributed by atoms with Crippen molar-refractivity contribution in [1.29, 1.82) is 0 Å². The molecule has 1 saturated carbocycles. The van der Waals surface area contributed by atoms with Gasteiger partial charge in [-0.05, 0) is 49.2 Å². The van der Waals surface area contributed by atoms with E-state index in [2.05, 4.69) is 10.3 Å². The number of aromatic nitrogens is 3. The number of benzene rings is 2. The van der Waals surface area contributed by atoms with Crippen molar-refractivity contribution >= 4 is 33.8 Å². The second kappa shape index (κ2) is 7.84. The highest BCUT2D eigenvalue weighted by molar-refractivity contribution is 7.13. The largest absolute Gasteiger partial charge is 0.326 e. The average molecular weight is 417 g/mol.